The topological polar surface area (TPSA) is 67.4 Å². The fraction of sp³-hybridized carbons (Fsp3) is 0.308. The first-order chi connectivity index (χ1) is 16.0. The number of hydrogen-bond acceptors (Lipinski definition) is 4. The highest BCUT2D eigenvalue weighted by Gasteiger charge is 2.19. The zero-order valence-electron chi connectivity index (χ0n) is 18.5. The Kier molecular flexibility index (Phi) is 7.62. The van der Waals surface area contributed by atoms with E-state index in [0.717, 1.165) is 56.3 Å². The molecular weight excluding hydrogens is 439 g/mol. The van der Waals surface area contributed by atoms with Crippen LogP contribution in [0.15, 0.2) is 71.6 Å². The lowest BCUT2D eigenvalue weighted by Crippen LogP contribution is -2.24. The molecule has 3 aromatic carbocycles. The molecule has 0 atom stereocenters. The molecule has 0 bridgehead atoms. The molecule has 4 rings (SSSR count). The summed E-state index contributed by atoms with van der Waals surface area (Å²) in [5.41, 5.74) is 3.33. The zero-order valence-corrected chi connectivity index (χ0v) is 19.3. The fourth-order valence-corrected chi connectivity index (χ4v) is 5.05. The molecule has 1 heterocycles. The Morgan fingerprint density at radius 2 is 1.79 bits per heavy atom. The number of sulfonamides is 1. The van der Waals surface area contributed by atoms with Crippen molar-refractivity contribution in [2.45, 2.75) is 43.5 Å². The van der Waals surface area contributed by atoms with Gasteiger partial charge in [0.25, 0.3) is 10.0 Å². The van der Waals surface area contributed by atoms with Crippen LogP contribution in [-0.2, 0) is 29.4 Å². The average molecular weight is 469 g/mol. The molecule has 174 valence electrons. The average Bonchev–Trinajstić information content (AvgIpc) is 2.83. The predicted octanol–water partition coefficient (Wildman–Crippen LogP) is 5.06. The van der Waals surface area contributed by atoms with Gasteiger partial charge in [-0.05, 0) is 79.6 Å². The maximum absolute atomic E-state index is 14.6. The van der Waals surface area contributed by atoms with E-state index in [9.17, 15) is 12.8 Å². The van der Waals surface area contributed by atoms with Gasteiger partial charge in [-0.3, -0.25) is 4.72 Å². The van der Waals surface area contributed by atoms with Gasteiger partial charge >= 0.3 is 0 Å². The van der Waals surface area contributed by atoms with Crippen LogP contribution in [-0.4, -0.2) is 21.6 Å². The fourth-order valence-electron chi connectivity index (χ4n) is 3.94. The van der Waals surface area contributed by atoms with Crippen LogP contribution in [0.1, 0.15) is 36.0 Å². The number of fused-ring (bicyclic) bond motifs is 1. The van der Waals surface area contributed by atoms with E-state index >= 15 is 0 Å². The first kappa shape index (κ1) is 23.3. The second-order valence-corrected chi connectivity index (χ2v) is 9.93. The van der Waals surface area contributed by atoms with Crippen molar-refractivity contribution in [3.63, 3.8) is 0 Å². The van der Waals surface area contributed by atoms with Gasteiger partial charge in [0.2, 0.25) is 0 Å². The monoisotopic (exact) mass is 468 g/mol. The third-order valence-corrected chi connectivity index (χ3v) is 7.14. The van der Waals surface area contributed by atoms with Crippen molar-refractivity contribution < 1.29 is 17.5 Å². The molecule has 5 nitrogen and oxygen atoms in total. The lowest BCUT2D eigenvalue weighted by atomic mass is 10.0. The van der Waals surface area contributed by atoms with Crippen LogP contribution >= 0.6 is 0 Å². The molecule has 0 spiro atoms. The number of halogens is 1. The van der Waals surface area contributed by atoms with Gasteiger partial charge < -0.3 is 10.1 Å². The number of hydrogen-bond donors (Lipinski definition) is 2. The molecule has 2 N–H and O–H groups in total. The minimum Gasteiger partial charge on any atom is -0.493 e. The number of benzene rings is 3. The highest BCUT2D eigenvalue weighted by atomic mass is 32.2. The van der Waals surface area contributed by atoms with Crippen LogP contribution in [0.4, 0.5) is 10.1 Å². The summed E-state index contributed by atoms with van der Waals surface area (Å²) in [6.07, 6.45) is 4.77. The number of ether oxygens (including phenoxy) is 1. The molecule has 33 heavy (non-hydrogen) atoms. The summed E-state index contributed by atoms with van der Waals surface area (Å²) in [4.78, 5) is 0.137. The molecule has 0 aromatic heterocycles. The maximum atomic E-state index is 14.6. The van der Waals surface area contributed by atoms with Crippen LogP contribution in [0.25, 0.3) is 0 Å². The number of anilines is 1. The molecular formula is C26H29FN2O3S. The molecule has 1 aliphatic rings. The van der Waals surface area contributed by atoms with Gasteiger partial charge in [-0.1, -0.05) is 36.4 Å². The van der Waals surface area contributed by atoms with Gasteiger partial charge in [-0.2, -0.15) is 0 Å². The Balaban J connectivity index is 1.28. The van der Waals surface area contributed by atoms with Gasteiger partial charge in [-0.15, -0.1) is 0 Å². The van der Waals surface area contributed by atoms with E-state index in [1.807, 2.05) is 24.3 Å². The number of nitrogens with one attached hydrogen (secondary N) is 2. The third kappa shape index (κ3) is 6.33. The van der Waals surface area contributed by atoms with Crippen LogP contribution in [0, 0.1) is 5.82 Å². The summed E-state index contributed by atoms with van der Waals surface area (Å²) in [6.45, 7) is 2.03. The second kappa shape index (κ2) is 10.8. The van der Waals surface area contributed by atoms with Crippen molar-refractivity contribution >= 4 is 15.7 Å². The van der Waals surface area contributed by atoms with Crippen molar-refractivity contribution in [3.8, 4) is 5.75 Å². The Labute approximate surface area is 195 Å². The van der Waals surface area contributed by atoms with E-state index in [1.54, 1.807) is 18.2 Å². The third-order valence-electron chi connectivity index (χ3n) is 5.78. The van der Waals surface area contributed by atoms with E-state index in [2.05, 4.69) is 22.2 Å². The van der Waals surface area contributed by atoms with E-state index in [-0.39, 0.29) is 10.6 Å². The molecule has 0 amide bonds. The first-order valence-electron chi connectivity index (χ1n) is 11.3. The molecule has 0 unspecified atom stereocenters. The molecule has 0 saturated carbocycles. The van der Waals surface area contributed by atoms with E-state index in [0.29, 0.717) is 12.4 Å². The van der Waals surface area contributed by atoms with Crippen molar-refractivity contribution in [1.82, 2.24) is 5.32 Å². The molecule has 0 radical (unpaired) electrons. The molecule has 0 aliphatic carbocycles. The summed E-state index contributed by atoms with van der Waals surface area (Å²) >= 11 is 0. The largest absolute Gasteiger partial charge is 0.493 e. The van der Waals surface area contributed by atoms with Crippen molar-refractivity contribution in [1.29, 1.82) is 0 Å². The van der Waals surface area contributed by atoms with Crippen molar-refractivity contribution in [3.05, 3.63) is 89.2 Å². The lowest BCUT2D eigenvalue weighted by Gasteiger charge is -2.18. The quantitative estimate of drug-likeness (QED) is 0.408. The minimum absolute atomic E-state index is 0.0930. The van der Waals surface area contributed by atoms with E-state index < -0.39 is 15.8 Å². The zero-order chi connectivity index (χ0) is 23.1. The maximum Gasteiger partial charge on any atom is 0.261 e. The van der Waals surface area contributed by atoms with Gasteiger partial charge in [0, 0.05) is 12.6 Å². The molecule has 0 saturated heterocycles. The molecule has 0 fully saturated rings. The Morgan fingerprint density at radius 3 is 2.61 bits per heavy atom. The summed E-state index contributed by atoms with van der Waals surface area (Å²) < 4.78 is 48.1. The van der Waals surface area contributed by atoms with E-state index in [4.69, 9.17) is 4.74 Å². The molecule has 3 aromatic rings. The summed E-state index contributed by atoms with van der Waals surface area (Å²) in [6, 6.07) is 19.6. The van der Waals surface area contributed by atoms with Crippen LogP contribution in [0.2, 0.25) is 0 Å². The summed E-state index contributed by atoms with van der Waals surface area (Å²) in [5, 5.41) is 3.26. The smallest absolute Gasteiger partial charge is 0.261 e. The lowest BCUT2D eigenvalue weighted by molar-refractivity contribution is 0.304. The van der Waals surface area contributed by atoms with Gasteiger partial charge in [0.05, 0.1) is 17.2 Å². The van der Waals surface area contributed by atoms with Crippen molar-refractivity contribution in [2.75, 3.05) is 17.9 Å². The van der Waals surface area contributed by atoms with Gasteiger partial charge in [0.15, 0.2) is 5.82 Å². The Morgan fingerprint density at radius 1 is 0.939 bits per heavy atom. The van der Waals surface area contributed by atoms with Gasteiger partial charge in [-0.25, -0.2) is 12.8 Å². The molecule has 7 heteroatoms. The number of rotatable bonds is 10. The Hall–Kier alpha value is -2.90. The normalized spacial score (nSPS) is 13.4. The van der Waals surface area contributed by atoms with E-state index in [1.165, 1.54) is 17.7 Å². The highest BCUT2D eigenvalue weighted by Crippen LogP contribution is 2.25. The van der Waals surface area contributed by atoms with Gasteiger partial charge in [0.1, 0.15) is 5.75 Å². The standard InChI is InChI=1S/C26H29FN2O3S/c27-25-18-23(32-16-6-2-5-9-20-7-3-1-4-8-20)11-13-26(25)29-33(30,31)24-12-10-22-19-28-15-14-21(22)17-24/h1,3-4,7-8,10-13,17-18,28-29H,2,5-6,9,14-16,19H2. The minimum atomic E-state index is -3.88. The molecule has 1 aliphatic heterocycles. The van der Waals surface area contributed by atoms with Crippen LogP contribution < -0.4 is 14.8 Å². The Bertz CT molecular complexity index is 1180. The predicted molar refractivity (Wildman–Crippen MR) is 129 cm³/mol. The SMILES string of the molecule is O=S(=O)(Nc1ccc(OCCCCCc2ccccc2)cc1F)c1ccc2c(c1)CCNC2. The van der Waals surface area contributed by atoms with Crippen LogP contribution in [0.3, 0.4) is 0 Å². The second-order valence-electron chi connectivity index (χ2n) is 8.25. The van der Waals surface area contributed by atoms with Crippen molar-refractivity contribution in [2.24, 2.45) is 0 Å². The number of unbranched alkanes of at least 4 members (excludes halogenated alkanes) is 2. The highest BCUT2D eigenvalue weighted by molar-refractivity contribution is 7.92. The first-order valence-corrected chi connectivity index (χ1v) is 12.8. The summed E-state index contributed by atoms with van der Waals surface area (Å²) in [5.74, 6) is -0.276. The van der Waals surface area contributed by atoms with Crippen LogP contribution in [0.5, 0.6) is 5.75 Å². The number of aryl methyl sites for hydroxylation is 1. The summed E-state index contributed by atoms with van der Waals surface area (Å²) in [7, 11) is -3.88.